The van der Waals surface area contributed by atoms with Crippen LogP contribution in [0.4, 0.5) is 5.69 Å². The van der Waals surface area contributed by atoms with Crippen molar-refractivity contribution >= 4 is 92.9 Å². The first kappa shape index (κ1) is 23.8. The van der Waals surface area contributed by atoms with Gasteiger partial charge in [0.1, 0.15) is 6.54 Å². The molecule has 1 aromatic heterocycles. The van der Waals surface area contributed by atoms with Crippen LogP contribution >= 0.6 is 81.2 Å². The number of carbonyl (C=O) groups is 1. The molecule has 2 rings (SSSR count). The maximum atomic E-state index is 11.4. The second-order valence-corrected chi connectivity index (χ2v) is 10.1. The van der Waals surface area contributed by atoms with E-state index in [0.29, 0.717) is 11.3 Å². The standard InChI is InChI=1S/C15H11Cl7N4O2/c1-2-28-10(27)6-23-7-3-4-8(9(16)5-7)11-24-12(14(17,18)19)26-13(25-11)15(20,21)22/h3-5,23H,2,6H2,1H3. The van der Waals surface area contributed by atoms with Gasteiger partial charge in [0.25, 0.3) is 0 Å². The minimum atomic E-state index is -1.98. The smallest absolute Gasteiger partial charge is 0.325 e. The van der Waals surface area contributed by atoms with Crippen molar-refractivity contribution in [2.75, 3.05) is 18.5 Å². The van der Waals surface area contributed by atoms with Crippen molar-refractivity contribution in [1.29, 1.82) is 0 Å². The number of aromatic nitrogens is 3. The van der Waals surface area contributed by atoms with Gasteiger partial charge in [-0.2, -0.15) is 0 Å². The van der Waals surface area contributed by atoms with Crippen LogP contribution in [0.1, 0.15) is 18.6 Å². The Morgan fingerprint density at radius 2 is 1.61 bits per heavy atom. The summed E-state index contributed by atoms with van der Waals surface area (Å²) < 4.78 is 0.888. The molecule has 0 saturated carbocycles. The average Bonchev–Trinajstić information content (AvgIpc) is 2.58. The summed E-state index contributed by atoms with van der Waals surface area (Å²) in [5.41, 5.74) is 0.941. The first-order valence-corrected chi connectivity index (χ1v) is 10.2. The molecule has 1 N–H and O–H groups in total. The van der Waals surface area contributed by atoms with Crippen molar-refractivity contribution in [3.8, 4) is 11.4 Å². The van der Waals surface area contributed by atoms with Gasteiger partial charge in [-0.05, 0) is 25.1 Å². The number of anilines is 1. The molecule has 6 nitrogen and oxygen atoms in total. The second kappa shape index (κ2) is 9.56. The molecule has 13 heteroatoms. The number of halogens is 7. The summed E-state index contributed by atoms with van der Waals surface area (Å²) >= 11 is 41.5. The molecule has 0 aliphatic rings. The van der Waals surface area contributed by atoms with Crippen LogP contribution in [0.3, 0.4) is 0 Å². The van der Waals surface area contributed by atoms with E-state index in [4.69, 9.17) is 85.9 Å². The van der Waals surface area contributed by atoms with Crippen molar-refractivity contribution in [2.45, 2.75) is 14.5 Å². The summed E-state index contributed by atoms with van der Waals surface area (Å²) in [6, 6.07) is 4.80. The van der Waals surface area contributed by atoms with E-state index in [2.05, 4.69) is 20.3 Å². The van der Waals surface area contributed by atoms with Gasteiger partial charge in [-0.1, -0.05) is 81.2 Å². The molecule has 0 amide bonds. The molecule has 1 aromatic carbocycles. The Kier molecular flexibility index (Phi) is 8.13. The number of alkyl halides is 6. The molecule has 0 bridgehead atoms. The van der Waals surface area contributed by atoms with Crippen LogP contribution in [-0.2, 0) is 17.1 Å². The number of ether oxygens (including phenoxy) is 1. The van der Waals surface area contributed by atoms with E-state index in [0.717, 1.165) is 0 Å². The van der Waals surface area contributed by atoms with E-state index < -0.39 is 13.6 Å². The van der Waals surface area contributed by atoms with Crippen molar-refractivity contribution in [3.63, 3.8) is 0 Å². The van der Waals surface area contributed by atoms with Crippen LogP contribution in [0, 0.1) is 0 Å². The lowest BCUT2D eigenvalue weighted by Crippen LogP contribution is -2.17. The molecule has 0 unspecified atom stereocenters. The molecule has 0 fully saturated rings. The summed E-state index contributed by atoms with van der Waals surface area (Å²) in [5.74, 6) is -0.826. The van der Waals surface area contributed by atoms with E-state index in [-0.39, 0.29) is 35.6 Å². The molecule has 0 spiro atoms. The number of carbonyl (C=O) groups excluding carboxylic acids is 1. The SMILES string of the molecule is CCOC(=O)CNc1ccc(-c2nc(C(Cl)(Cl)Cl)nc(C(Cl)(Cl)Cl)n2)c(Cl)c1. The zero-order valence-corrected chi connectivity index (χ0v) is 19.2. The van der Waals surface area contributed by atoms with Gasteiger partial charge in [0.2, 0.25) is 7.59 Å². The molecule has 0 aliphatic carbocycles. The molecular formula is C15H11Cl7N4O2. The van der Waals surface area contributed by atoms with Crippen LogP contribution in [0.2, 0.25) is 5.02 Å². The number of hydrogen-bond donors (Lipinski definition) is 1. The number of rotatable bonds is 5. The van der Waals surface area contributed by atoms with Gasteiger partial charge in [-0.25, -0.2) is 15.0 Å². The summed E-state index contributed by atoms with van der Waals surface area (Å²) in [6.45, 7) is 1.98. The molecule has 0 aliphatic heterocycles. The summed E-state index contributed by atoms with van der Waals surface area (Å²) in [4.78, 5) is 23.5. The third kappa shape index (κ3) is 6.52. The Hall–Kier alpha value is -0.470. The number of hydrogen-bond acceptors (Lipinski definition) is 6. The van der Waals surface area contributed by atoms with Gasteiger partial charge in [-0.3, -0.25) is 4.79 Å². The minimum Gasteiger partial charge on any atom is -0.465 e. The molecule has 0 saturated heterocycles. The molecular weight excluding hydrogens is 516 g/mol. The first-order valence-electron chi connectivity index (χ1n) is 7.51. The third-order valence-electron chi connectivity index (χ3n) is 3.09. The Morgan fingerprint density at radius 3 is 2.07 bits per heavy atom. The lowest BCUT2D eigenvalue weighted by Gasteiger charge is -2.16. The quantitative estimate of drug-likeness (QED) is 0.390. The number of esters is 1. The largest absolute Gasteiger partial charge is 0.465 e. The van der Waals surface area contributed by atoms with Gasteiger partial charge < -0.3 is 10.1 Å². The number of benzene rings is 1. The van der Waals surface area contributed by atoms with Gasteiger partial charge in [0.05, 0.1) is 11.6 Å². The summed E-state index contributed by atoms with van der Waals surface area (Å²) in [6.07, 6.45) is 0. The summed E-state index contributed by atoms with van der Waals surface area (Å²) in [5, 5.41) is 3.12. The van der Waals surface area contributed by atoms with E-state index >= 15 is 0 Å². The fourth-order valence-corrected chi connectivity index (χ4v) is 2.71. The third-order valence-corrected chi connectivity index (χ3v) is 4.42. The van der Waals surface area contributed by atoms with Crippen molar-refractivity contribution < 1.29 is 9.53 Å². The predicted molar refractivity (Wildman–Crippen MR) is 114 cm³/mol. The highest BCUT2D eigenvalue weighted by molar-refractivity contribution is 6.67. The Balaban J connectivity index is 2.40. The van der Waals surface area contributed by atoms with Crippen LogP contribution < -0.4 is 5.32 Å². The molecule has 1 heterocycles. The van der Waals surface area contributed by atoms with E-state index in [9.17, 15) is 4.79 Å². The highest BCUT2D eigenvalue weighted by Gasteiger charge is 2.34. The molecule has 0 atom stereocenters. The maximum absolute atomic E-state index is 11.4. The first-order chi connectivity index (χ1) is 12.9. The van der Waals surface area contributed by atoms with Gasteiger partial charge in [-0.15, -0.1) is 0 Å². The summed E-state index contributed by atoms with van der Waals surface area (Å²) in [7, 11) is 0. The molecule has 28 heavy (non-hydrogen) atoms. The topological polar surface area (TPSA) is 77.0 Å². The predicted octanol–water partition coefficient (Wildman–Crippen LogP) is 5.82. The Morgan fingerprint density at radius 1 is 1.04 bits per heavy atom. The Bertz CT molecular complexity index is 836. The maximum Gasteiger partial charge on any atom is 0.325 e. The normalized spacial score (nSPS) is 12.0. The lowest BCUT2D eigenvalue weighted by molar-refractivity contribution is -0.140. The monoisotopic (exact) mass is 524 g/mol. The number of nitrogens with zero attached hydrogens (tertiary/aromatic N) is 3. The number of nitrogens with one attached hydrogen (secondary N) is 1. The molecule has 152 valence electrons. The van der Waals surface area contributed by atoms with Gasteiger partial charge >= 0.3 is 5.97 Å². The van der Waals surface area contributed by atoms with Crippen LogP contribution in [-0.4, -0.2) is 34.1 Å². The highest BCUT2D eigenvalue weighted by atomic mass is 35.6. The highest BCUT2D eigenvalue weighted by Crippen LogP contribution is 2.41. The minimum absolute atomic E-state index is 0.0237. The van der Waals surface area contributed by atoms with Crippen molar-refractivity contribution in [2.24, 2.45) is 0 Å². The van der Waals surface area contributed by atoms with Crippen molar-refractivity contribution in [1.82, 2.24) is 15.0 Å². The van der Waals surface area contributed by atoms with Gasteiger partial charge in [0, 0.05) is 11.3 Å². The fourth-order valence-electron chi connectivity index (χ4n) is 1.94. The zero-order chi connectivity index (χ0) is 21.1. The lowest BCUT2D eigenvalue weighted by atomic mass is 10.2. The van der Waals surface area contributed by atoms with Crippen LogP contribution in [0.25, 0.3) is 11.4 Å². The van der Waals surface area contributed by atoms with Crippen molar-refractivity contribution in [3.05, 3.63) is 34.9 Å². The Labute approximate surface area is 195 Å². The fraction of sp³-hybridized carbons (Fsp3) is 0.333. The van der Waals surface area contributed by atoms with E-state index in [1.165, 1.54) is 0 Å². The second-order valence-electron chi connectivity index (χ2n) is 5.15. The average molecular weight is 527 g/mol. The van der Waals surface area contributed by atoms with Crippen LogP contribution in [0.5, 0.6) is 0 Å². The van der Waals surface area contributed by atoms with Gasteiger partial charge in [0.15, 0.2) is 17.5 Å². The van der Waals surface area contributed by atoms with E-state index in [1.54, 1.807) is 25.1 Å². The van der Waals surface area contributed by atoms with Crippen LogP contribution in [0.15, 0.2) is 18.2 Å². The van der Waals surface area contributed by atoms with E-state index in [1.807, 2.05) is 0 Å². The molecule has 2 aromatic rings. The molecule has 0 radical (unpaired) electrons. The zero-order valence-electron chi connectivity index (χ0n) is 14.0.